The Morgan fingerprint density at radius 3 is 2.70 bits per heavy atom. The second kappa shape index (κ2) is 8.52. The Morgan fingerprint density at radius 1 is 1.09 bits per heavy atom. The number of ether oxygens (including phenoxy) is 1. The van der Waals surface area contributed by atoms with E-state index in [2.05, 4.69) is 60.0 Å². The molecule has 0 amide bonds. The zero-order valence-corrected chi connectivity index (χ0v) is 19.4. The number of H-pyrrole nitrogens is 2. The van der Waals surface area contributed by atoms with Crippen LogP contribution in [0.25, 0.3) is 10.9 Å². The number of benzene rings is 2. The third kappa shape index (κ3) is 4.44. The molecule has 2 aromatic carbocycles. The van der Waals surface area contributed by atoms with E-state index in [4.69, 9.17) is 9.72 Å². The Kier molecular flexibility index (Phi) is 5.54. The predicted octanol–water partition coefficient (Wildman–Crippen LogP) is 4.69. The first kappa shape index (κ1) is 21.5. The van der Waals surface area contributed by atoms with Gasteiger partial charge in [-0.25, -0.2) is 4.98 Å². The molecule has 0 saturated heterocycles. The number of fused-ring (bicyclic) bond motifs is 2. The van der Waals surface area contributed by atoms with Crippen LogP contribution >= 0.6 is 0 Å². The Hall–Kier alpha value is -3.38. The van der Waals surface area contributed by atoms with E-state index in [1.807, 2.05) is 30.3 Å². The summed E-state index contributed by atoms with van der Waals surface area (Å²) < 4.78 is 6.21. The molecule has 5 rings (SSSR count). The van der Waals surface area contributed by atoms with Gasteiger partial charge in [0.1, 0.15) is 18.2 Å². The van der Waals surface area contributed by atoms with E-state index in [1.165, 1.54) is 5.56 Å². The van der Waals surface area contributed by atoms with Crippen molar-refractivity contribution in [2.24, 2.45) is 0 Å². The average Bonchev–Trinajstić information content (AvgIpc) is 3.21. The van der Waals surface area contributed by atoms with Crippen LogP contribution in [-0.2, 0) is 31.5 Å². The van der Waals surface area contributed by atoms with Crippen LogP contribution in [0, 0.1) is 0 Å². The van der Waals surface area contributed by atoms with Crippen molar-refractivity contribution in [1.29, 1.82) is 0 Å². The lowest BCUT2D eigenvalue weighted by atomic mass is 9.95. The Balaban J connectivity index is 1.38. The highest BCUT2D eigenvalue weighted by Crippen LogP contribution is 2.31. The summed E-state index contributed by atoms with van der Waals surface area (Å²) in [5, 5.41) is 1.11. The number of aromatic amines is 2. The molecule has 1 aliphatic heterocycles. The van der Waals surface area contributed by atoms with Gasteiger partial charge in [0.15, 0.2) is 0 Å². The van der Waals surface area contributed by atoms with Gasteiger partial charge in [0, 0.05) is 48.6 Å². The summed E-state index contributed by atoms with van der Waals surface area (Å²) in [6.45, 7) is 8.95. The molecule has 170 valence electrons. The maximum absolute atomic E-state index is 12.8. The third-order valence-corrected chi connectivity index (χ3v) is 6.24. The lowest BCUT2D eigenvalue weighted by Crippen LogP contribution is -2.37. The van der Waals surface area contributed by atoms with Gasteiger partial charge in [-0.2, -0.15) is 0 Å². The monoisotopic (exact) mass is 442 g/mol. The standard InChI is InChI=1S/C27H30N4O2/c1-27(2,3)26-29-21-12-13-31(16-20(21)25(32)30-26)15-19-14-28-22-10-7-11-23(24(19)22)33-17-18-8-5-4-6-9-18/h4-11,14,28H,12-13,15-17H2,1-3H3,(H,29,30,32). The number of rotatable bonds is 5. The highest BCUT2D eigenvalue weighted by atomic mass is 16.5. The van der Waals surface area contributed by atoms with Crippen LogP contribution in [0.5, 0.6) is 5.75 Å². The molecule has 0 fully saturated rings. The quantitative estimate of drug-likeness (QED) is 0.470. The molecule has 0 bridgehead atoms. The molecule has 0 unspecified atom stereocenters. The maximum atomic E-state index is 12.8. The summed E-state index contributed by atoms with van der Waals surface area (Å²) in [5.74, 6) is 1.64. The minimum absolute atomic E-state index is 0.0135. The summed E-state index contributed by atoms with van der Waals surface area (Å²) in [6.07, 6.45) is 2.84. The molecule has 0 atom stereocenters. The topological polar surface area (TPSA) is 74.0 Å². The van der Waals surface area contributed by atoms with Crippen molar-refractivity contribution in [2.45, 2.75) is 52.3 Å². The molecular weight excluding hydrogens is 412 g/mol. The summed E-state index contributed by atoms with van der Waals surface area (Å²) in [5.41, 5.74) is 4.91. The van der Waals surface area contributed by atoms with E-state index in [-0.39, 0.29) is 11.0 Å². The van der Waals surface area contributed by atoms with Crippen molar-refractivity contribution >= 4 is 10.9 Å². The zero-order chi connectivity index (χ0) is 23.0. The molecule has 6 heteroatoms. The molecule has 2 N–H and O–H groups in total. The van der Waals surface area contributed by atoms with Crippen molar-refractivity contribution in [3.63, 3.8) is 0 Å². The van der Waals surface area contributed by atoms with Gasteiger partial charge in [-0.05, 0) is 23.3 Å². The van der Waals surface area contributed by atoms with Crippen LogP contribution in [0.15, 0.2) is 59.5 Å². The number of hydrogen-bond donors (Lipinski definition) is 2. The van der Waals surface area contributed by atoms with Gasteiger partial charge in [-0.3, -0.25) is 9.69 Å². The van der Waals surface area contributed by atoms with Crippen molar-refractivity contribution in [2.75, 3.05) is 6.54 Å². The summed E-state index contributed by atoms with van der Waals surface area (Å²) in [4.78, 5) is 26.3. The first-order chi connectivity index (χ1) is 15.9. The van der Waals surface area contributed by atoms with E-state index in [0.717, 1.165) is 58.8 Å². The number of aromatic nitrogens is 3. The van der Waals surface area contributed by atoms with Crippen LogP contribution in [0.1, 0.15) is 49.0 Å². The van der Waals surface area contributed by atoms with Crippen molar-refractivity contribution < 1.29 is 4.74 Å². The minimum Gasteiger partial charge on any atom is -0.488 e. The molecule has 2 aromatic heterocycles. The lowest BCUT2D eigenvalue weighted by Gasteiger charge is -2.28. The second-order valence-electron chi connectivity index (χ2n) is 9.82. The normalized spacial score (nSPS) is 14.4. The van der Waals surface area contributed by atoms with E-state index < -0.39 is 0 Å². The minimum atomic E-state index is -0.175. The first-order valence-corrected chi connectivity index (χ1v) is 11.5. The van der Waals surface area contributed by atoms with Crippen LogP contribution in [0.4, 0.5) is 0 Å². The van der Waals surface area contributed by atoms with Gasteiger partial charge in [-0.1, -0.05) is 57.2 Å². The highest BCUT2D eigenvalue weighted by Gasteiger charge is 2.25. The van der Waals surface area contributed by atoms with Gasteiger partial charge in [0.05, 0.1) is 11.3 Å². The largest absolute Gasteiger partial charge is 0.488 e. The van der Waals surface area contributed by atoms with Gasteiger partial charge < -0.3 is 14.7 Å². The fraction of sp³-hybridized carbons (Fsp3) is 0.333. The SMILES string of the molecule is CC(C)(C)c1nc2c(c(=O)[nH]1)CN(Cc1c[nH]c3cccc(OCc4ccccc4)c13)CC2. The fourth-order valence-corrected chi connectivity index (χ4v) is 4.41. The smallest absolute Gasteiger partial charge is 0.255 e. The summed E-state index contributed by atoms with van der Waals surface area (Å²) in [7, 11) is 0. The van der Waals surface area contributed by atoms with Crippen LogP contribution in [0.3, 0.4) is 0 Å². The van der Waals surface area contributed by atoms with E-state index in [1.54, 1.807) is 0 Å². The van der Waals surface area contributed by atoms with Gasteiger partial charge >= 0.3 is 0 Å². The Morgan fingerprint density at radius 2 is 1.91 bits per heavy atom. The number of nitrogens with zero attached hydrogens (tertiary/aromatic N) is 2. The molecular formula is C27H30N4O2. The first-order valence-electron chi connectivity index (χ1n) is 11.5. The number of hydrogen-bond acceptors (Lipinski definition) is 4. The predicted molar refractivity (Wildman–Crippen MR) is 130 cm³/mol. The second-order valence-corrected chi connectivity index (χ2v) is 9.82. The summed E-state index contributed by atoms with van der Waals surface area (Å²) >= 11 is 0. The van der Waals surface area contributed by atoms with Gasteiger partial charge in [-0.15, -0.1) is 0 Å². The van der Waals surface area contributed by atoms with E-state index >= 15 is 0 Å². The zero-order valence-electron chi connectivity index (χ0n) is 19.4. The molecule has 1 aliphatic rings. The average molecular weight is 443 g/mol. The Bertz CT molecular complexity index is 1330. The number of nitrogens with one attached hydrogen (secondary N) is 2. The van der Waals surface area contributed by atoms with Crippen molar-refractivity contribution in [3.8, 4) is 5.75 Å². The maximum Gasteiger partial charge on any atom is 0.255 e. The molecule has 0 saturated carbocycles. The molecule has 0 radical (unpaired) electrons. The van der Waals surface area contributed by atoms with Crippen LogP contribution in [0.2, 0.25) is 0 Å². The van der Waals surface area contributed by atoms with E-state index in [0.29, 0.717) is 13.2 Å². The van der Waals surface area contributed by atoms with Crippen LogP contribution in [-0.4, -0.2) is 26.4 Å². The summed E-state index contributed by atoms with van der Waals surface area (Å²) in [6, 6.07) is 16.3. The molecule has 0 spiro atoms. The highest BCUT2D eigenvalue weighted by molar-refractivity contribution is 5.89. The lowest BCUT2D eigenvalue weighted by molar-refractivity contribution is 0.241. The Labute approximate surface area is 193 Å². The third-order valence-electron chi connectivity index (χ3n) is 6.24. The molecule has 6 nitrogen and oxygen atoms in total. The van der Waals surface area contributed by atoms with Crippen molar-refractivity contribution in [3.05, 3.63) is 93.3 Å². The van der Waals surface area contributed by atoms with Gasteiger partial charge in [0.25, 0.3) is 5.56 Å². The van der Waals surface area contributed by atoms with E-state index in [9.17, 15) is 4.79 Å². The molecule has 3 heterocycles. The van der Waals surface area contributed by atoms with Crippen LogP contribution < -0.4 is 10.3 Å². The molecule has 4 aromatic rings. The fourth-order valence-electron chi connectivity index (χ4n) is 4.41. The molecule has 0 aliphatic carbocycles. The van der Waals surface area contributed by atoms with Crippen molar-refractivity contribution in [1.82, 2.24) is 19.9 Å². The van der Waals surface area contributed by atoms with Gasteiger partial charge in [0.2, 0.25) is 0 Å². The molecule has 33 heavy (non-hydrogen) atoms.